The topological polar surface area (TPSA) is 36.3 Å². The molecule has 0 radical (unpaired) electrons. The van der Waals surface area contributed by atoms with E-state index in [2.05, 4.69) is 18.0 Å². The predicted octanol–water partition coefficient (Wildman–Crippen LogP) is 2.73. The van der Waals surface area contributed by atoms with Gasteiger partial charge in [0.1, 0.15) is 11.8 Å². The van der Waals surface area contributed by atoms with E-state index < -0.39 is 0 Å². The number of para-hydroxylation sites is 1. The highest BCUT2D eigenvalue weighted by Gasteiger charge is 2.20. The van der Waals surface area contributed by atoms with Crippen molar-refractivity contribution in [1.29, 1.82) is 5.26 Å². The van der Waals surface area contributed by atoms with E-state index in [0.29, 0.717) is 18.2 Å². The molecule has 1 aliphatic rings. The van der Waals surface area contributed by atoms with Crippen molar-refractivity contribution >= 4 is 0 Å². The van der Waals surface area contributed by atoms with Crippen molar-refractivity contribution in [2.75, 3.05) is 20.2 Å². The molecule has 1 atom stereocenters. The third kappa shape index (κ3) is 2.83. The summed E-state index contributed by atoms with van der Waals surface area (Å²) in [5.74, 6) is 0.751. The molecule has 3 nitrogen and oxygen atoms in total. The van der Waals surface area contributed by atoms with Crippen LogP contribution in [0.15, 0.2) is 18.2 Å². The molecule has 0 saturated carbocycles. The smallest absolute Gasteiger partial charge is 0.139 e. The van der Waals surface area contributed by atoms with E-state index in [1.165, 1.54) is 19.4 Å². The molecule has 96 valence electrons. The summed E-state index contributed by atoms with van der Waals surface area (Å²) >= 11 is 0. The lowest BCUT2D eigenvalue weighted by Crippen LogP contribution is -2.26. The Labute approximate surface area is 109 Å². The molecule has 0 aromatic heterocycles. The molecule has 0 bridgehead atoms. The largest absolute Gasteiger partial charge is 0.492 e. The van der Waals surface area contributed by atoms with E-state index in [1.807, 2.05) is 25.1 Å². The van der Waals surface area contributed by atoms with E-state index in [4.69, 9.17) is 10.00 Å². The summed E-state index contributed by atoms with van der Waals surface area (Å²) in [5, 5.41) is 9.06. The highest BCUT2D eigenvalue weighted by molar-refractivity contribution is 5.47. The van der Waals surface area contributed by atoms with E-state index in [9.17, 15) is 0 Å². The molecule has 1 unspecified atom stereocenters. The molecule has 1 heterocycles. The monoisotopic (exact) mass is 244 g/mol. The first-order valence-electron chi connectivity index (χ1n) is 6.55. The fraction of sp³-hybridized carbons (Fsp3) is 0.533. The van der Waals surface area contributed by atoms with Gasteiger partial charge in [0.25, 0.3) is 0 Å². The summed E-state index contributed by atoms with van der Waals surface area (Å²) in [7, 11) is 2.17. The van der Waals surface area contributed by atoms with Gasteiger partial charge in [0.15, 0.2) is 0 Å². The van der Waals surface area contributed by atoms with E-state index in [1.54, 1.807) is 0 Å². The van der Waals surface area contributed by atoms with Crippen LogP contribution in [0, 0.1) is 18.3 Å². The molecule has 0 N–H and O–H groups in total. The van der Waals surface area contributed by atoms with E-state index in [-0.39, 0.29) is 0 Å². The van der Waals surface area contributed by atoms with Gasteiger partial charge in [-0.05, 0) is 51.4 Å². The highest BCUT2D eigenvalue weighted by Crippen LogP contribution is 2.24. The van der Waals surface area contributed by atoms with Crippen LogP contribution in [0.2, 0.25) is 0 Å². The first-order valence-corrected chi connectivity index (χ1v) is 6.55. The van der Waals surface area contributed by atoms with Gasteiger partial charge in [0.2, 0.25) is 0 Å². The summed E-state index contributed by atoms with van der Waals surface area (Å²) in [6.07, 6.45) is 3.59. The second kappa shape index (κ2) is 5.88. The van der Waals surface area contributed by atoms with Gasteiger partial charge in [-0.15, -0.1) is 0 Å². The number of ether oxygens (including phenoxy) is 1. The van der Waals surface area contributed by atoms with Gasteiger partial charge in [0.05, 0.1) is 12.2 Å². The van der Waals surface area contributed by atoms with Crippen LogP contribution in [0.1, 0.15) is 30.4 Å². The van der Waals surface area contributed by atoms with Gasteiger partial charge in [-0.3, -0.25) is 0 Å². The van der Waals surface area contributed by atoms with Crippen molar-refractivity contribution in [2.24, 2.45) is 0 Å². The minimum Gasteiger partial charge on any atom is -0.492 e. The van der Waals surface area contributed by atoms with Crippen molar-refractivity contribution in [3.8, 4) is 11.8 Å². The Kier molecular flexibility index (Phi) is 4.22. The minimum absolute atomic E-state index is 0.634. The summed E-state index contributed by atoms with van der Waals surface area (Å²) in [5.41, 5.74) is 1.67. The third-order valence-corrected chi connectivity index (χ3v) is 3.70. The van der Waals surface area contributed by atoms with Gasteiger partial charge in [-0.25, -0.2) is 0 Å². The third-order valence-electron chi connectivity index (χ3n) is 3.70. The molecule has 3 heteroatoms. The number of hydrogen-bond acceptors (Lipinski definition) is 3. The number of benzene rings is 1. The number of hydrogen-bond donors (Lipinski definition) is 0. The first kappa shape index (κ1) is 12.9. The lowest BCUT2D eigenvalue weighted by Gasteiger charge is -2.19. The van der Waals surface area contributed by atoms with Crippen molar-refractivity contribution < 1.29 is 4.74 Å². The summed E-state index contributed by atoms with van der Waals surface area (Å²) in [6.45, 7) is 3.87. The number of aryl methyl sites for hydroxylation is 1. The Hall–Kier alpha value is -1.53. The summed E-state index contributed by atoms with van der Waals surface area (Å²) in [4.78, 5) is 2.40. The van der Waals surface area contributed by atoms with Crippen LogP contribution >= 0.6 is 0 Å². The Morgan fingerprint density at radius 2 is 2.33 bits per heavy atom. The molecule has 1 fully saturated rings. The molecule has 0 amide bonds. The second-order valence-corrected chi connectivity index (χ2v) is 4.98. The van der Waals surface area contributed by atoms with Crippen LogP contribution in [0.4, 0.5) is 0 Å². The fourth-order valence-electron chi connectivity index (χ4n) is 2.57. The van der Waals surface area contributed by atoms with Gasteiger partial charge >= 0.3 is 0 Å². The molecule has 18 heavy (non-hydrogen) atoms. The maximum absolute atomic E-state index is 9.06. The van der Waals surface area contributed by atoms with E-state index >= 15 is 0 Å². The molecule has 1 saturated heterocycles. The Morgan fingerprint density at radius 3 is 3.00 bits per heavy atom. The van der Waals surface area contributed by atoms with E-state index in [0.717, 1.165) is 17.7 Å². The zero-order valence-electron chi connectivity index (χ0n) is 11.1. The zero-order chi connectivity index (χ0) is 13.0. The van der Waals surface area contributed by atoms with Gasteiger partial charge < -0.3 is 9.64 Å². The van der Waals surface area contributed by atoms with Crippen molar-refractivity contribution in [2.45, 2.75) is 32.2 Å². The van der Waals surface area contributed by atoms with Crippen LogP contribution in [0.5, 0.6) is 5.75 Å². The Bertz CT molecular complexity index is 450. The summed E-state index contributed by atoms with van der Waals surface area (Å²) in [6, 6.07) is 8.51. The predicted molar refractivity (Wildman–Crippen MR) is 71.7 cm³/mol. The standard InChI is InChI=1S/C15H20N2O/c1-12-5-3-6-13(11-16)15(12)18-10-8-14-7-4-9-17(14)2/h3,5-6,14H,4,7-10H2,1-2H3. The van der Waals surface area contributed by atoms with Crippen molar-refractivity contribution in [3.05, 3.63) is 29.3 Å². The normalized spacial score (nSPS) is 19.7. The van der Waals surface area contributed by atoms with Crippen molar-refractivity contribution in [3.63, 3.8) is 0 Å². The quantitative estimate of drug-likeness (QED) is 0.817. The molecule has 1 aliphatic heterocycles. The summed E-state index contributed by atoms with van der Waals surface area (Å²) < 4.78 is 5.82. The highest BCUT2D eigenvalue weighted by atomic mass is 16.5. The minimum atomic E-state index is 0.634. The zero-order valence-corrected chi connectivity index (χ0v) is 11.1. The van der Waals surface area contributed by atoms with Gasteiger partial charge in [0, 0.05) is 6.04 Å². The molecule has 1 aromatic carbocycles. The van der Waals surface area contributed by atoms with Crippen LogP contribution in [-0.4, -0.2) is 31.1 Å². The Morgan fingerprint density at radius 1 is 1.50 bits per heavy atom. The fourth-order valence-corrected chi connectivity index (χ4v) is 2.57. The molecule has 2 rings (SSSR count). The average Bonchev–Trinajstić information content (AvgIpc) is 2.77. The van der Waals surface area contributed by atoms with Gasteiger partial charge in [-0.2, -0.15) is 5.26 Å². The lowest BCUT2D eigenvalue weighted by molar-refractivity contribution is 0.232. The second-order valence-electron chi connectivity index (χ2n) is 4.98. The number of likely N-dealkylation sites (tertiary alicyclic amines) is 1. The Balaban J connectivity index is 1.92. The maximum Gasteiger partial charge on any atom is 0.139 e. The van der Waals surface area contributed by atoms with Crippen LogP contribution < -0.4 is 4.74 Å². The SMILES string of the molecule is Cc1cccc(C#N)c1OCCC1CCCN1C. The molecule has 1 aromatic rings. The first-order chi connectivity index (χ1) is 8.72. The molecule has 0 aliphatic carbocycles. The lowest BCUT2D eigenvalue weighted by atomic mass is 10.1. The number of rotatable bonds is 4. The van der Waals surface area contributed by atoms with Crippen molar-refractivity contribution in [1.82, 2.24) is 4.90 Å². The average molecular weight is 244 g/mol. The molecular weight excluding hydrogens is 224 g/mol. The number of nitrogens with zero attached hydrogens (tertiary/aromatic N) is 2. The molecular formula is C15H20N2O. The molecule has 0 spiro atoms. The van der Waals surface area contributed by atoms with Gasteiger partial charge in [-0.1, -0.05) is 12.1 Å². The maximum atomic E-state index is 9.06. The number of nitriles is 1. The van der Waals surface area contributed by atoms with Crippen LogP contribution in [0.3, 0.4) is 0 Å². The van der Waals surface area contributed by atoms with Crippen LogP contribution in [0.25, 0.3) is 0 Å². The van der Waals surface area contributed by atoms with Crippen LogP contribution in [-0.2, 0) is 0 Å².